The van der Waals surface area contributed by atoms with Crippen LogP contribution < -0.4 is 0 Å². The van der Waals surface area contributed by atoms with Gasteiger partial charge >= 0.3 is 6.18 Å². The fourth-order valence-electron chi connectivity index (χ4n) is 1.84. The summed E-state index contributed by atoms with van der Waals surface area (Å²) in [5.41, 5.74) is 1.02. The third-order valence-corrected chi connectivity index (χ3v) is 2.61. The van der Waals surface area contributed by atoms with Gasteiger partial charge in [0.05, 0.1) is 5.56 Å². The van der Waals surface area contributed by atoms with Gasteiger partial charge in [0, 0.05) is 17.1 Å². The third kappa shape index (κ3) is 3.06. The number of aromatic nitrogens is 1. The van der Waals surface area contributed by atoms with Crippen LogP contribution in [0.15, 0.2) is 24.4 Å². The minimum Gasteiger partial charge on any atom is -0.361 e. The van der Waals surface area contributed by atoms with Gasteiger partial charge in [0.1, 0.15) is 0 Å². The Bertz CT molecular complexity index is 497. The lowest BCUT2D eigenvalue weighted by Gasteiger charge is -2.06. The predicted molar refractivity (Wildman–Crippen MR) is 68.6 cm³/mol. The molecule has 0 aliphatic heterocycles. The van der Waals surface area contributed by atoms with Crippen LogP contribution in [0.4, 0.5) is 13.2 Å². The van der Waals surface area contributed by atoms with Crippen molar-refractivity contribution in [3.63, 3.8) is 0 Å². The van der Waals surface area contributed by atoms with Crippen molar-refractivity contribution in [3.05, 3.63) is 35.5 Å². The van der Waals surface area contributed by atoms with Crippen LogP contribution in [-0.2, 0) is 12.6 Å². The van der Waals surface area contributed by atoms with Gasteiger partial charge in [-0.05, 0) is 24.1 Å². The molecule has 1 nitrogen and oxygen atoms in total. The zero-order valence-electron chi connectivity index (χ0n) is 10.9. The molecule has 1 aromatic heterocycles. The first-order valence-electron chi connectivity index (χ1n) is 6.19. The van der Waals surface area contributed by atoms with E-state index in [1.165, 1.54) is 0 Å². The van der Waals surface area contributed by atoms with Crippen LogP contribution in [0.3, 0.4) is 0 Å². The van der Waals surface area contributed by atoms with Crippen molar-refractivity contribution in [1.29, 1.82) is 0 Å². The van der Waals surface area contributed by atoms with Crippen LogP contribution in [0.2, 0.25) is 0 Å². The molecule has 2 aromatic rings. The summed E-state index contributed by atoms with van der Waals surface area (Å²) in [5.74, 6) is 0. The number of hydrogen-bond donors (Lipinski definition) is 1. The Morgan fingerprint density at radius 1 is 1.17 bits per heavy atom. The molecule has 1 heterocycles. The Kier molecular flexibility index (Phi) is 4.82. The molecule has 2 rings (SSSR count). The van der Waals surface area contributed by atoms with E-state index in [4.69, 9.17) is 0 Å². The lowest BCUT2D eigenvalue weighted by molar-refractivity contribution is -0.137. The van der Waals surface area contributed by atoms with E-state index in [0.717, 1.165) is 35.9 Å². The topological polar surface area (TPSA) is 15.8 Å². The van der Waals surface area contributed by atoms with Gasteiger partial charge in [0.25, 0.3) is 0 Å². The summed E-state index contributed by atoms with van der Waals surface area (Å²) >= 11 is 0. The van der Waals surface area contributed by atoms with Gasteiger partial charge in [-0.1, -0.05) is 33.3 Å². The highest BCUT2D eigenvalue weighted by Gasteiger charge is 2.30. The number of aryl methyl sites for hydroxylation is 1. The number of nitrogens with one attached hydrogen (secondary N) is 1. The van der Waals surface area contributed by atoms with Crippen molar-refractivity contribution in [1.82, 2.24) is 4.98 Å². The van der Waals surface area contributed by atoms with E-state index in [0.29, 0.717) is 5.52 Å². The first kappa shape index (κ1) is 14.6. The van der Waals surface area contributed by atoms with Gasteiger partial charge in [-0.2, -0.15) is 13.2 Å². The maximum Gasteiger partial charge on any atom is 0.416 e. The zero-order chi connectivity index (χ0) is 13.8. The second-order valence-electron chi connectivity index (χ2n) is 3.82. The van der Waals surface area contributed by atoms with Gasteiger partial charge in [-0.25, -0.2) is 0 Å². The normalized spacial score (nSPS) is 11.2. The Morgan fingerprint density at radius 3 is 2.39 bits per heavy atom. The molecule has 0 saturated heterocycles. The van der Waals surface area contributed by atoms with Crippen molar-refractivity contribution in [2.24, 2.45) is 0 Å². The first-order chi connectivity index (χ1) is 8.52. The zero-order valence-corrected chi connectivity index (χ0v) is 10.9. The fourth-order valence-corrected chi connectivity index (χ4v) is 1.84. The van der Waals surface area contributed by atoms with Crippen LogP contribution in [0.25, 0.3) is 10.9 Å². The van der Waals surface area contributed by atoms with Gasteiger partial charge < -0.3 is 4.98 Å². The molecule has 1 N–H and O–H groups in total. The first-order valence-corrected chi connectivity index (χ1v) is 6.19. The molecule has 4 heteroatoms. The Balaban J connectivity index is 0.000000771. The summed E-state index contributed by atoms with van der Waals surface area (Å²) in [5, 5.41) is 0.884. The molecule has 0 saturated carbocycles. The maximum absolute atomic E-state index is 12.5. The lowest BCUT2D eigenvalue weighted by Crippen LogP contribution is -2.04. The maximum atomic E-state index is 12.5. The van der Waals surface area contributed by atoms with Crippen LogP contribution >= 0.6 is 0 Å². The van der Waals surface area contributed by atoms with Gasteiger partial charge in [-0.3, -0.25) is 0 Å². The average Bonchev–Trinajstić information content (AvgIpc) is 2.74. The molecule has 0 aliphatic rings. The predicted octanol–water partition coefficient (Wildman–Crippen LogP) is 5.17. The van der Waals surface area contributed by atoms with E-state index in [2.05, 4.69) is 4.98 Å². The smallest absolute Gasteiger partial charge is 0.361 e. The summed E-state index contributed by atoms with van der Waals surface area (Å²) in [4.78, 5) is 2.89. The second kappa shape index (κ2) is 5.94. The Morgan fingerprint density at radius 2 is 1.83 bits per heavy atom. The van der Waals surface area contributed by atoms with E-state index in [1.807, 2.05) is 20.8 Å². The van der Waals surface area contributed by atoms with Crippen LogP contribution in [-0.4, -0.2) is 4.98 Å². The molecule has 0 aliphatic carbocycles. The minimum atomic E-state index is -4.27. The molecule has 0 spiro atoms. The number of hydrogen-bond acceptors (Lipinski definition) is 0. The standard InChI is InChI=1S/C12H12F3N.C2H6/c1-2-3-8-7-16-11-6-9(12(13,14)15)4-5-10(8)11;1-2/h4-7,16H,2-3H2,1H3;1-2H3. The lowest BCUT2D eigenvalue weighted by atomic mass is 10.1. The van der Waals surface area contributed by atoms with Crippen molar-refractivity contribution in [2.45, 2.75) is 39.8 Å². The summed E-state index contributed by atoms with van der Waals surface area (Å²) in [6, 6.07) is 3.84. The minimum absolute atomic E-state index is 0.554. The van der Waals surface area contributed by atoms with E-state index in [1.54, 1.807) is 12.3 Å². The molecular formula is C14H18F3N. The number of H-pyrrole nitrogens is 1. The molecule has 18 heavy (non-hydrogen) atoms. The summed E-state index contributed by atoms with van der Waals surface area (Å²) in [6.07, 6.45) is -0.627. The number of rotatable bonds is 2. The van der Waals surface area contributed by atoms with Crippen LogP contribution in [0.5, 0.6) is 0 Å². The third-order valence-electron chi connectivity index (χ3n) is 2.61. The number of aromatic amines is 1. The average molecular weight is 257 g/mol. The molecule has 0 fully saturated rings. The van der Waals surface area contributed by atoms with Gasteiger partial charge in [0.15, 0.2) is 0 Å². The number of fused-ring (bicyclic) bond motifs is 1. The summed E-state index contributed by atoms with van der Waals surface area (Å²) in [7, 11) is 0. The highest BCUT2D eigenvalue weighted by Crippen LogP contribution is 2.32. The molecule has 0 atom stereocenters. The van der Waals surface area contributed by atoms with Crippen molar-refractivity contribution in [2.75, 3.05) is 0 Å². The molecular weight excluding hydrogens is 239 g/mol. The second-order valence-corrected chi connectivity index (χ2v) is 3.82. The Labute approximate surface area is 105 Å². The molecule has 1 aromatic carbocycles. The van der Waals surface area contributed by atoms with Crippen molar-refractivity contribution >= 4 is 10.9 Å². The largest absolute Gasteiger partial charge is 0.416 e. The highest BCUT2D eigenvalue weighted by molar-refractivity contribution is 5.83. The number of halogens is 3. The quantitative estimate of drug-likeness (QED) is 0.764. The highest BCUT2D eigenvalue weighted by atomic mass is 19.4. The van der Waals surface area contributed by atoms with E-state index in [9.17, 15) is 13.2 Å². The van der Waals surface area contributed by atoms with Crippen molar-refractivity contribution in [3.8, 4) is 0 Å². The van der Waals surface area contributed by atoms with Crippen LogP contribution in [0.1, 0.15) is 38.3 Å². The molecule has 100 valence electrons. The monoisotopic (exact) mass is 257 g/mol. The summed E-state index contributed by atoms with van der Waals surface area (Å²) in [6.45, 7) is 6.04. The molecule has 0 amide bonds. The van der Waals surface area contributed by atoms with Crippen LogP contribution in [0, 0.1) is 0 Å². The van der Waals surface area contributed by atoms with Crippen molar-refractivity contribution < 1.29 is 13.2 Å². The number of alkyl halides is 3. The Hall–Kier alpha value is -1.45. The van der Waals surface area contributed by atoms with Gasteiger partial charge in [-0.15, -0.1) is 0 Å². The fraction of sp³-hybridized carbons (Fsp3) is 0.429. The van der Waals surface area contributed by atoms with Gasteiger partial charge in [0.2, 0.25) is 0 Å². The van der Waals surface area contributed by atoms with E-state index >= 15 is 0 Å². The van der Waals surface area contributed by atoms with E-state index < -0.39 is 11.7 Å². The number of benzene rings is 1. The molecule has 0 unspecified atom stereocenters. The SMILES string of the molecule is CC.CCCc1c[nH]c2cc(C(F)(F)F)ccc12. The van der Waals surface area contributed by atoms with E-state index in [-0.39, 0.29) is 0 Å². The molecule has 0 bridgehead atoms. The summed E-state index contributed by atoms with van der Waals surface area (Å²) < 4.78 is 37.4. The molecule has 0 radical (unpaired) electrons.